The van der Waals surface area contributed by atoms with Crippen molar-refractivity contribution in [3.8, 4) is 6.07 Å². The number of sulfonamides is 1. The Labute approximate surface area is 158 Å². The van der Waals surface area contributed by atoms with Crippen LogP contribution in [0.1, 0.15) is 11.1 Å². The molecule has 6 nitrogen and oxygen atoms in total. The van der Waals surface area contributed by atoms with Gasteiger partial charge in [0.05, 0.1) is 22.1 Å². The molecule has 28 heavy (non-hydrogen) atoms. The number of anilines is 1. The third-order valence-electron chi connectivity index (χ3n) is 4.32. The van der Waals surface area contributed by atoms with Gasteiger partial charge in [-0.3, -0.25) is 0 Å². The number of pyridine rings is 1. The van der Waals surface area contributed by atoms with E-state index in [2.05, 4.69) is 4.98 Å². The van der Waals surface area contributed by atoms with Crippen molar-refractivity contribution in [3.05, 3.63) is 53.5 Å². The van der Waals surface area contributed by atoms with Crippen molar-refractivity contribution in [1.82, 2.24) is 9.29 Å². The number of aromatic nitrogens is 1. The number of nitrogens with zero attached hydrogens (tertiary/aromatic N) is 4. The Morgan fingerprint density at radius 1 is 1.07 bits per heavy atom. The van der Waals surface area contributed by atoms with Gasteiger partial charge in [-0.05, 0) is 30.3 Å². The SMILES string of the molecule is N#Cc1ccnc(N2CCN(S(=O)(=O)c3ccc(F)c(C(F)(F)F)c3)CC2)c1. The van der Waals surface area contributed by atoms with Gasteiger partial charge >= 0.3 is 6.18 Å². The van der Waals surface area contributed by atoms with Crippen molar-refractivity contribution in [2.75, 3.05) is 31.1 Å². The highest BCUT2D eigenvalue weighted by Gasteiger charge is 2.37. The quantitative estimate of drug-likeness (QED) is 0.722. The lowest BCUT2D eigenvalue weighted by Crippen LogP contribution is -2.49. The van der Waals surface area contributed by atoms with Crippen LogP contribution in [0.3, 0.4) is 0 Å². The van der Waals surface area contributed by atoms with Crippen molar-refractivity contribution in [2.45, 2.75) is 11.1 Å². The van der Waals surface area contributed by atoms with Crippen molar-refractivity contribution >= 4 is 15.8 Å². The molecule has 1 aliphatic rings. The minimum atomic E-state index is -4.99. The zero-order valence-electron chi connectivity index (χ0n) is 14.3. The highest BCUT2D eigenvalue weighted by molar-refractivity contribution is 7.89. The summed E-state index contributed by atoms with van der Waals surface area (Å²) in [4.78, 5) is 5.31. The molecule has 0 bridgehead atoms. The van der Waals surface area contributed by atoms with E-state index >= 15 is 0 Å². The molecule has 0 spiro atoms. The summed E-state index contributed by atoms with van der Waals surface area (Å²) < 4.78 is 78.5. The van der Waals surface area contributed by atoms with Crippen LogP contribution in [0.15, 0.2) is 41.4 Å². The van der Waals surface area contributed by atoms with E-state index in [1.165, 1.54) is 12.3 Å². The van der Waals surface area contributed by atoms with Crippen LogP contribution in [0.25, 0.3) is 0 Å². The third-order valence-corrected chi connectivity index (χ3v) is 6.21. The van der Waals surface area contributed by atoms with Gasteiger partial charge in [0, 0.05) is 32.4 Å². The van der Waals surface area contributed by atoms with E-state index in [0.717, 1.165) is 10.4 Å². The van der Waals surface area contributed by atoms with Crippen LogP contribution in [0.2, 0.25) is 0 Å². The van der Waals surface area contributed by atoms with Gasteiger partial charge in [0.2, 0.25) is 10.0 Å². The monoisotopic (exact) mass is 414 g/mol. The van der Waals surface area contributed by atoms with Gasteiger partial charge in [-0.1, -0.05) is 0 Å². The number of alkyl halides is 3. The van der Waals surface area contributed by atoms with Crippen LogP contribution in [-0.2, 0) is 16.2 Å². The lowest BCUT2D eigenvalue weighted by Gasteiger charge is -2.34. The lowest BCUT2D eigenvalue weighted by molar-refractivity contribution is -0.140. The zero-order chi connectivity index (χ0) is 20.5. The largest absolute Gasteiger partial charge is 0.419 e. The summed E-state index contributed by atoms with van der Waals surface area (Å²) in [5.74, 6) is -1.02. The Morgan fingerprint density at radius 2 is 1.75 bits per heavy atom. The Balaban J connectivity index is 1.79. The van der Waals surface area contributed by atoms with Crippen LogP contribution >= 0.6 is 0 Å². The molecule has 1 aromatic carbocycles. The minimum Gasteiger partial charge on any atom is -0.354 e. The maximum absolute atomic E-state index is 13.4. The fraction of sp³-hybridized carbons (Fsp3) is 0.294. The second kappa shape index (κ2) is 7.37. The molecule has 1 aliphatic heterocycles. The van der Waals surface area contributed by atoms with E-state index in [4.69, 9.17) is 5.26 Å². The number of rotatable bonds is 3. The van der Waals surface area contributed by atoms with Crippen LogP contribution in [0.5, 0.6) is 0 Å². The van der Waals surface area contributed by atoms with E-state index in [0.29, 0.717) is 23.5 Å². The fourth-order valence-corrected chi connectivity index (χ4v) is 4.30. The highest BCUT2D eigenvalue weighted by Crippen LogP contribution is 2.33. The van der Waals surface area contributed by atoms with E-state index in [9.17, 15) is 26.0 Å². The van der Waals surface area contributed by atoms with Crippen LogP contribution in [-0.4, -0.2) is 43.9 Å². The Hall–Kier alpha value is -2.71. The summed E-state index contributed by atoms with van der Waals surface area (Å²) in [6.45, 7) is 0.516. The first-order valence-electron chi connectivity index (χ1n) is 8.11. The smallest absolute Gasteiger partial charge is 0.354 e. The van der Waals surface area contributed by atoms with Gasteiger partial charge in [-0.2, -0.15) is 22.7 Å². The van der Waals surface area contributed by atoms with Gasteiger partial charge in [-0.25, -0.2) is 17.8 Å². The third kappa shape index (κ3) is 3.93. The average molecular weight is 414 g/mol. The van der Waals surface area contributed by atoms with Crippen molar-refractivity contribution in [1.29, 1.82) is 5.26 Å². The van der Waals surface area contributed by atoms with Crippen LogP contribution < -0.4 is 4.90 Å². The maximum atomic E-state index is 13.4. The van der Waals surface area contributed by atoms with Crippen molar-refractivity contribution < 1.29 is 26.0 Å². The molecule has 0 saturated carbocycles. The summed E-state index contributed by atoms with van der Waals surface area (Å²) in [6, 6.07) is 6.74. The van der Waals surface area contributed by atoms with E-state index in [-0.39, 0.29) is 26.2 Å². The second-order valence-corrected chi connectivity index (χ2v) is 7.98. The summed E-state index contributed by atoms with van der Waals surface area (Å²) in [5, 5.41) is 8.94. The predicted molar refractivity (Wildman–Crippen MR) is 91.3 cm³/mol. The molecule has 2 aromatic rings. The molecular formula is C17H14F4N4O2S. The molecule has 0 unspecified atom stereocenters. The maximum Gasteiger partial charge on any atom is 0.419 e. The molecule has 0 atom stereocenters. The number of benzene rings is 1. The predicted octanol–water partition coefficient (Wildman–Crippen LogP) is 2.62. The molecule has 1 aromatic heterocycles. The van der Waals surface area contributed by atoms with Crippen LogP contribution in [0.4, 0.5) is 23.4 Å². The minimum absolute atomic E-state index is 0.0134. The molecule has 11 heteroatoms. The van der Waals surface area contributed by atoms with Crippen LogP contribution in [0, 0.1) is 17.1 Å². The Morgan fingerprint density at radius 3 is 2.36 bits per heavy atom. The molecule has 2 heterocycles. The first-order chi connectivity index (χ1) is 13.1. The van der Waals surface area contributed by atoms with Gasteiger partial charge in [0.1, 0.15) is 11.6 Å². The number of halogens is 4. The number of nitriles is 1. The standard InChI is InChI=1S/C17H14F4N4O2S/c18-15-2-1-13(10-14(15)17(19,20)21)28(26,27)25-7-5-24(6-8-25)16-9-12(11-22)3-4-23-16/h1-4,9-10H,5-8H2. The molecule has 148 valence electrons. The van der Waals surface area contributed by atoms with Crippen molar-refractivity contribution in [2.24, 2.45) is 0 Å². The molecule has 0 N–H and O–H groups in total. The second-order valence-electron chi connectivity index (χ2n) is 6.05. The van der Waals surface area contributed by atoms with Gasteiger partial charge in [0.25, 0.3) is 0 Å². The summed E-state index contributed by atoms with van der Waals surface area (Å²) >= 11 is 0. The highest BCUT2D eigenvalue weighted by atomic mass is 32.2. The molecule has 3 rings (SSSR count). The Bertz CT molecular complexity index is 1030. The summed E-state index contributed by atoms with van der Waals surface area (Å²) in [6.07, 6.45) is -3.53. The first-order valence-corrected chi connectivity index (χ1v) is 9.55. The topological polar surface area (TPSA) is 77.3 Å². The summed E-state index contributed by atoms with van der Waals surface area (Å²) in [7, 11) is -4.21. The number of piperazine rings is 1. The lowest BCUT2D eigenvalue weighted by atomic mass is 10.2. The van der Waals surface area contributed by atoms with E-state index in [1.54, 1.807) is 11.0 Å². The molecular weight excluding hydrogens is 400 g/mol. The number of hydrogen-bond acceptors (Lipinski definition) is 5. The normalized spacial score (nSPS) is 16.0. The molecule has 0 aliphatic carbocycles. The Kier molecular flexibility index (Phi) is 5.27. The zero-order valence-corrected chi connectivity index (χ0v) is 15.1. The summed E-state index contributed by atoms with van der Waals surface area (Å²) in [5.41, 5.74) is -1.21. The molecule has 0 amide bonds. The molecule has 1 fully saturated rings. The number of hydrogen-bond donors (Lipinski definition) is 0. The average Bonchev–Trinajstić information content (AvgIpc) is 2.67. The first kappa shape index (κ1) is 20.0. The van der Waals surface area contributed by atoms with E-state index in [1.807, 2.05) is 6.07 Å². The molecule has 1 saturated heterocycles. The molecule has 0 radical (unpaired) electrons. The van der Waals surface area contributed by atoms with Gasteiger partial charge in [0.15, 0.2) is 0 Å². The fourth-order valence-electron chi connectivity index (χ4n) is 2.85. The van der Waals surface area contributed by atoms with Crippen molar-refractivity contribution in [3.63, 3.8) is 0 Å². The van der Waals surface area contributed by atoms with Gasteiger partial charge < -0.3 is 4.90 Å². The van der Waals surface area contributed by atoms with Gasteiger partial charge in [-0.15, -0.1) is 0 Å². The van der Waals surface area contributed by atoms with E-state index < -0.39 is 32.5 Å².